The average Bonchev–Trinajstić information content (AvgIpc) is 2.82. The van der Waals surface area contributed by atoms with Gasteiger partial charge in [0.15, 0.2) is 11.6 Å². The molecule has 0 spiro atoms. The third-order valence-electron chi connectivity index (χ3n) is 4.45. The molecule has 0 saturated carbocycles. The van der Waals surface area contributed by atoms with Crippen molar-refractivity contribution < 1.29 is 9.59 Å². The van der Waals surface area contributed by atoms with Crippen LogP contribution >= 0.6 is 0 Å². The first kappa shape index (κ1) is 21.8. The van der Waals surface area contributed by atoms with Gasteiger partial charge in [-0.05, 0) is 0 Å². The number of ketones is 2. The third kappa shape index (κ3) is 7.19. The van der Waals surface area contributed by atoms with E-state index in [1.807, 2.05) is 12.1 Å². The normalized spacial score (nSPS) is 9.60. The van der Waals surface area contributed by atoms with Crippen LogP contribution in [-0.4, -0.2) is 35.8 Å². The Balaban J connectivity index is 0.000000177. The van der Waals surface area contributed by atoms with Gasteiger partial charge in [0.05, 0.1) is 6.42 Å². The molecule has 0 N–H and O–H groups in total. The van der Waals surface area contributed by atoms with Crippen molar-refractivity contribution in [3.05, 3.63) is 132 Å². The molecule has 0 saturated heterocycles. The number of Topliss-reactive ketones (excluding diaryl/α,β-unsaturated/α-hetero) is 2. The summed E-state index contributed by atoms with van der Waals surface area (Å²) in [5.74, 6) is -0.279. The van der Waals surface area contributed by atoms with Crippen LogP contribution in [0.2, 0.25) is 0 Å². The molecule has 3 heteroatoms. The van der Waals surface area contributed by atoms with Crippen molar-refractivity contribution >= 4 is 42.0 Å². The molecule has 0 aliphatic heterocycles. The number of benzene rings is 4. The molecule has 4 rings (SSSR count). The van der Waals surface area contributed by atoms with Crippen LogP contribution in [-0.2, 0) is 0 Å². The van der Waals surface area contributed by atoms with E-state index in [1.54, 1.807) is 54.8 Å². The Morgan fingerprint density at radius 1 is 0.467 bits per heavy atom. The summed E-state index contributed by atoms with van der Waals surface area (Å²) in [7, 11) is 0. The van der Waals surface area contributed by atoms with E-state index in [2.05, 4.69) is 60.7 Å². The Labute approximate surface area is 189 Å². The molecule has 145 valence electrons. The minimum absolute atomic E-state index is 0.0754. The number of hydrogen-bond acceptors (Lipinski definition) is 2. The summed E-state index contributed by atoms with van der Waals surface area (Å²) < 4.78 is 3.16. The molecule has 2 nitrogen and oxygen atoms in total. The van der Waals surface area contributed by atoms with Gasteiger partial charge in [0.2, 0.25) is 0 Å². The Morgan fingerprint density at radius 2 is 0.767 bits per heavy atom. The van der Waals surface area contributed by atoms with E-state index in [0.29, 0.717) is 11.1 Å². The zero-order chi connectivity index (χ0) is 21.0. The van der Waals surface area contributed by atoms with Gasteiger partial charge in [-0.1, -0.05) is 60.7 Å². The molecule has 0 atom stereocenters. The van der Waals surface area contributed by atoms with E-state index in [4.69, 9.17) is 0 Å². The van der Waals surface area contributed by atoms with E-state index < -0.39 is 24.2 Å². The first-order chi connectivity index (χ1) is 14.7. The maximum atomic E-state index is 11.8. The van der Waals surface area contributed by atoms with Crippen LogP contribution < -0.4 is 6.25 Å². The molecule has 0 radical (unpaired) electrons. The maximum absolute atomic E-state index is 11.8. The van der Waals surface area contributed by atoms with E-state index in [-0.39, 0.29) is 18.0 Å². The van der Waals surface area contributed by atoms with E-state index in [9.17, 15) is 9.59 Å². The zero-order valence-electron chi connectivity index (χ0n) is 16.6. The van der Waals surface area contributed by atoms with Gasteiger partial charge in [-0.15, -0.1) is 0 Å². The van der Waals surface area contributed by atoms with Crippen molar-refractivity contribution in [2.24, 2.45) is 0 Å². The topological polar surface area (TPSA) is 34.1 Å². The van der Waals surface area contributed by atoms with Gasteiger partial charge in [0.1, 0.15) is 0 Å². The van der Waals surface area contributed by atoms with Gasteiger partial charge in [-0.25, -0.2) is 0 Å². The van der Waals surface area contributed by atoms with Crippen LogP contribution in [0.3, 0.4) is 0 Å². The van der Waals surface area contributed by atoms with E-state index in [1.165, 1.54) is 0 Å². The average molecular weight is 583 g/mol. The monoisotopic (exact) mass is 583 g/mol. The molecule has 0 bridgehead atoms. The summed E-state index contributed by atoms with van der Waals surface area (Å²) in [5, 5.41) is 0. The van der Waals surface area contributed by atoms with E-state index in [0.717, 1.165) is 0 Å². The first-order valence-electron chi connectivity index (χ1n) is 9.84. The van der Waals surface area contributed by atoms with Gasteiger partial charge in [0.25, 0.3) is 0 Å². The van der Waals surface area contributed by atoms with Gasteiger partial charge in [0, 0.05) is 11.1 Å². The second kappa shape index (κ2) is 12.0. The van der Waals surface area contributed by atoms with E-state index >= 15 is 0 Å². The zero-order valence-corrected chi connectivity index (χ0v) is 21.1. The summed E-state index contributed by atoms with van der Waals surface area (Å²) in [6.07, 6.45) is -0.0754. The van der Waals surface area contributed by atoms with Gasteiger partial charge in [-0.3, -0.25) is 9.59 Å². The van der Waals surface area contributed by atoms with Gasteiger partial charge < -0.3 is 0 Å². The fourth-order valence-corrected chi connectivity index (χ4v) is 7.61. The van der Waals surface area contributed by atoms with Crippen LogP contribution in [0.15, 0.2) is 121 Å². The molecule has 0 aliphatic carbocycles. The molecule has 0 heterocycles. The predicted molar refractivity (Wildman–Crippen MR) is 124 cm³/mol. The summed E-state index contributed by atoms with van der Waals surface area (Å²) in [4.78, 5) is 23.6. The van der Waals surface area contributed by atoms with Gasteiger partial charge in [-0.2, -0.15) is 0 Å². The summed E-state index contributed by atoms with van der Waals surface area (Å²) in [5.41, 5.74) is 1.16. The molecular weight excluding hydrogens is 561 g/mol. The first-order valence-corrected chi connectivity index (χ1v) is 14.3. The molecule has 0 aromatic heterocycles. The molecule has 0 aliphatic rings. The van der Waals surface area contributed by atoms with Crippen molar-refractivity contribution in [2.45, 2.75) is 6.42 Å². The molecule has 4 aromatic carbocycles. The van der Waals surface area contributed by atoms with Crippen molar-refractivity contribution in [2.75, 3.05) is 0 Å². The molecule has 0 unspecified atom stereocenters. The minimum atomic E-state index is -0.866. The summed E-state index contributed by atoms with van der Waals surface area (Å²) in [6.45, 7) is 0. The van der Waals surface area contributed by atoms with Crippen LogP contribution in [0.25, 0.3) is 0 Å². The Hall–Kier alpha value is -2.86. The summed E-state index contributed by atoms with van der Waals surface area (Å²) in [6, 6.07) is 39.5. The summed E-state index contributed by atoms with van der Waals surface area (Å²) >= 11 is -0.866. The Bertz CT molecular complexity index is 960. The quantitative estimate of drug-likeness (QED) is 0.191. The Kier molecular flexibility index (Phi) is 8.72. The number of carbonyl (C=O) groups is 2. The van der Waals surface area contributed by atoms with Gasteiger partial charge >= 0.3 is 91.1 Å². The third-order valence-corrected chi connectivity index (χ3v) is 10.0. The Morgan fingerprint density at radius 3 is 1.10 bits per heavy atom. The number of carbonyl (C=O) groups excluding carboxylic acids is 2. The van der Waals surface area contributed by atoms with Crippen LogP contribution in [0.4, 0.5) is 0 Å². The van der Waals surface area contributed by atoms with Crippen LogP contribution in [0.5, 0.6) is 0 Å². The fraction of sp³-hybridized carbons (Fsp3) is 0.0370. The number of hydrogen-bond donors (Lipinski definition) is 0. The van der Waals surface area contributed by atoms with Crippen molar-refractivity contribution in [1.29, 1.82) is 0 Å². The SMILES string of the molecule is O=C(CC(=O)c1ccccc1)c1ccccc1.c1cc[c]([Tl][c]2ccccc2)cc1. The van der Waals surface area contributed by atoms with Crippen molar-refractivity contribution in [3.8, 4) is 0 Å². The molecule has 4 aromatic rings. The van der Waals surface area contributed by atoms with Crippen LogP contribution in [0, 0.1) is 0 Å². The second-order valence-electron chi connectivity index (χ2n) is 6.72. The fourth-order valence-electron chi connectivity index (χ4n) is 2.89. The number of rotatable bonds is 6. The standard InChI is InChI=1S/C15H12O2.2C6H5.Tl/c16-14(12-7-3-1-4-8-12)11-15(17)13-9-5-2-6-10-13;2*1-2-4-6-5-3-1;/h1-10H,11H2;2*1-5H;. The van der Waals surface area contributed by atoms with Crippen molar-refractivity contribution in [3.63, 3.8) is 0 Å². The molecule has 0 amide bonds. The van der Waals surface area contributed by atoms with Crippen LogP contribution in [0.1, 0.15) is 27.1 Å². The second-order valence-corrected chi connectivity index (χ2v) is 13.0. The van der Waals surface area contributed by atoms with Crippen molar-refractivity contribution in [1.82, 2.24) is 0 Å². The molecule has 0 fully saturated rings. The molecule has 30 heavy (non-hydrogen) atoms. The predicted octanol–water partition coefficient (Wildman–Crippen LogP) is 4.48. The molecular formula is C27H22O2Tl.